The van der Waals surface area contributed by atoms with Crippen molar-refractivity contribution in [2.24, 2.45) is 0 Å². The van der Waals surface area contributed by atoms with Crippen LogP contribution in [0.3, 0.4) is 0 Å². The monoisotopic (exact) mass is 466 g/mol. The predicted octanol–water partition coefficient (Wildman–Crippen LogP) is 4.60. The zero-order chi connectivity index (χ0) is 24.0. The van der Waals surface area contributed by atoms with Crippen molar-refractivity contribution in [3.8, 4) is 5.75 Å². The molecule has 0 fully saturated rings. The molecule has 6 nitrogen and oxygen atoms in total. The van der Waals surface area contributed by atoms with Gasteiger partial charge in [0.1, 0.15) is 5.75 Å². The SMILES string of the molecule is CCOc1ccccc1CNC(=O)c1ccc(CN(c2ccc(C)c(C)c2)S(C)(=O)=O)cc1. The Morgan fingerprint density at radius 3 is 2.30 bits per heavy atom. The van der Waals surface area contributed by atoms with Gasteiger partial charge >= 0.3 is 0 Å². The molecule has 0 saturated heterocycles. The van der Waals surface area contributed by atoms with Crippen LogP contribution in [0, 0.1) is 13.8 Å². The minimum absolute atomic E-state index is 0.185. The van der Waals surface area contributed by atoms with E-state index in [1.165, 1.54) is 10.6 Å². The summed E-state index contributed by atoms with van der Waals surface area (Å²) in [6, 6.07) is 20.2. The third-order valence-electron chi connectivity index (χ3n) is 5.43. The van der Waals surface area contributed by atoms with Crippen LogP contribution in [0.4, 0.5) is 5.69 Å². The van der Waals surface area contributed by atoms with Gasteiger partial charge in [-0.05, 0) is 67.8 Å². The number of benzene rings is 3. The van der Waals surface area contributed by atoms with Gasteiger partial charge in [0.05, 0.1) is 25.1 Å². The molecule has 0 spiro atoms. The topological polar surface area (TPSA) is 75.7 Å². The Labute approximate surface area is 196 Å². The third kappa shape index (κ3) is 6.35. The number of rotatable bonds is 9. The Bertz CT molecular complexity index is 1220. The number of sulfonamides is 1. The van der Waals surface area contributed by atoms with Crippen LogP contribution >= 0.6 is 0 Å². The van der Waals surface area contributed by atoms with Gasteiger partial charge in [-0.15, -0.1) is 0 Å². The second-order valence-corrected chi connectivity index (χ2v) is 9.87. The lowest BCUT2D eigenvalue weighted by molar-refractivity contribution is 0.0950. The van der Waals surface area contributed by atoms with E-state index in [0.29, 0.717) is 24.4 Å². The number of anilines is 1. The fourth-order valence-electron chi connectivity index (χ4n) is 3.43. The molecule has 0 aliphatic heterocycles. The average Bonchev–Trinajstić information content (AvgIpc) is 2.78. The molecule has 33 heavy (non-hydrogen) atoms. The van der Waals surface area contributed by atoms with Crippen LogP contribution in [-0.2, 0) is 23.1 Å². The van der Waals surface area contributed by atoms with Crippen molar-refractivity contribution in [2.45, 2.75) is 33.9 Å². The van der Waals surface area contributed by atoms with Crippen molar-refractivity contribution in [3.05, 3.63) is 94.5 Å². The molecule has 0 aliphatic carbocycles. The Balaban J connectivity index is 1.71. The Morgan fingerprint density at radius 2 is 1.67 bits per heavy atom. The van der Waals surface area contributed by atoms with Crippen LogP contribution in [0.15, 0.2) is 66.7 Å². The maximum absolute atomic E-state index is 12.6. The summed E-state index contributed by atoms with van der Waals surface area (Å²) < 4.78 is 31.9. The third-order valence-corrected chi connectivity index (χ3v) is 6.57. The molecule has 0 saturated carbocycles. The van der Waals surface area contributed by atoms with Gasteiger partial charge in [0.15, 0.2) is 0 Å². The normalized spacial score (nSPS) is 11.2. The lowest BCUT2D eigenvalue weighted by atomic mass is 10.1. The Kier molecular flexibility index (Phi) is 7.76. The molecule has 3 aromatic carbocycles. The van der Waals surface area contributed by atoms with Crippen LogP contribution < -0.4 is 14.4 Å². The smallest absolute Gasteiger partial charge is 0.251 e. The van der Waals surface area contributed by atoms with Crippen LogP contribution in [0.1, 0.15) is 39.5 Å². The standard InChI is InChI=1S/C26H30N2O4S/c1-5-32-25-9-7-6-8-23(25)17-27-26(29)22-13-11-21(12-14-22)18-28(33(4,30)31)24-15-10-19(2)20(3)16-24/h6-16H,5,17-18H2,1-4H3,(H,27,29). The molecule has 0 bridgehead atoms. The highest BCUT2D eigenvalue weighted by molar-refractivity contribution is 7.92. The summed E-state index contributed by atoms with van der Waals surface area (Å²) in [6.07, 6.45) is 1.20. The fourth-order valence-corrected chi connectivity index (χ4v) is 4.31. The maximum Gasteiger partial charge on any atom is 0.251 e. The highest BCUT2D eigenvalue weighted by Crippen LogP contribution is 2.24. The van der Waals surface area contributed by atoms with Gasteiger partial charge in [-0.25, -0.2) is 8.42 Å². The van der Waals surface area contributed by atoms with Gasteiger partial charge < -0.3 is 10.1 Å². The van der Waals surface area contributed by atoms with Gasteiger partial charge in [-0.3, -0.25) is 9.10 Å². The fraction of sp³-hybridized carbons (Fsp3) is 0.269. The van der Waals surface area contributed by atoms with Crippen molar-refractivity contribution in [1.82, 2.24) is 5.32 Å². The summed E-state index contributed by atoms with van der Waals surface area (Å²) in [7, 11) is -3.48. The van der Waals surface area contributed by atoms with E-state index in [9.17, 15) is 13.2 Å². The zero-order valence-electron chi connectivity index (χ0n) is 19.5. The van der Waals surface area contributed by atoms with Gasteiger partial charge in [0.25, 0.3) is 5.91 Å². The first kappa shape index (κ1) is 24.3. The highest BCUT2D eigenvalue weighted by Gasteiger charge is 2.19. The average molecular weight is 467 g/mol. The lowest BCUT2D eigenvalue weighted by Crippen LogP contribution is -2.29. The van der Waals surface area contributed by atoms with Crippen LogP contribution in [0.2, 0.25) is 0 Å². The van der Waals surface area contributed by atoms with Gasteiger partial charge in [0, 0.05) is 17.7 Å². The van der Waals surface area contributed by atoms with Gasteiger partial charge in [-0.1, -0.05) is 36.4 Å². The molecule has 3 aromatic rings. The number of carbonyl (C=O) groups is 1. The summed E-state index contributed by atoms with van der Waals surface area (Å²) in [5.74, 6) is 0.546. The molecule has 0 aliphatic rings. The number of para-hydroxylation sites is 1. The van der Waals surface area contributed by atoms with E-state index in [1.54, 1.807) is 24.3 Å². The minimum atomic E-state index is -3.48. The number of aryl methyl sites for hydroxylation is 2. The summed E-state index contributed by atoms with van der Waals surface area (Å²) in [5.41, 5.74) is 4.95. The summed E-state index contributed by atoms with van der Waals surface area (Å²) in [6.45, 7) is 6.96. The molecule has 1 amide bonds. The molecule has 7 heteroatoms. The quantitative estimate of drug-likeness (QED) is 0.500. The van der Waals surface area contributed by atoms with E-state index in [0.717, 1.165) is 28.0 Å². The predicted molar refractivity (Wildman–Crippen MR) is 132 cm³/mol. The summed E-state index contributed by atoms with van der Waals surface area (Å²) in [5, 5.41) is 2.91. The molecule has 0 unspecified atom stereocenters. The first-order valence-corrected chi connectivity index (χ1v) is 12.7. The number of carbonyl (C=O) groups excluding carboxylic acids is 1. The summed E-state index contributed by atoms with van der Waals surface area (Å²) in [4.78, 5) is 12.6. The molecule has 0 radical (unpaired) electrons. The van der Waals surface area contributed by atoms with Crippen LogP contribution in [0.5, 0.6) is 5.75 Å². The molecular weight excluding hydrogens is 436 g/mol. The first-order valence-electron chi connectivity index (χ1n) is 10.8. The zero-order valence-corrected chi connectivity index (χ0v) is 20.3. The van der Waals surface area contributed by atoms with Gasteiger partial charge in [-0.2, -0.15) is 0 Å². The molecule has 1 N–H and O–H groups in total. The van der Waals surface area contributed by atoms with Crippen molar-refractivity contribution in [3.63, 3.8) is 0 Å². The highest BCUT2D eigenvalue weighted by atomic mass is 32.2. The number of nitrogens with zero attached hydrogens (tertiary/aromatic N) is 1. The molecule has 0 atom stereocenters. The van der Waals surface area contributed by atoms with E-state index >= 15 is 0 Å². The number of hydrogen-bond acceptors (Lipinski definition) is 4. The van der Waals surface area contributed by atoms with Crippen molar-refractivity contribution < 1.29 is 17.9 Å². The van der Waals surface area contributed by atoms with Crippen LogP contribution in [0.25, 0.3) is 0 Å². The van der Waals surface area contributed by atoms with E-state index in [4.69, 9.17) is 4.74 Å². The summed E-state index contributed by atoms with van der Waals surface area (Å²) >= 11 is 0. The minimum Gasteiger partial charge on any atom is -0.494 e. The molecular formula is C26H30N2O4S. The van der Waals surface area contributed by atoms with Gasteiger partial charge in [0.2, 0.25) is 10.0 Å². The van der Waals surface area contributed by atoms with Crippen molar-refractivity contribution in [2.75, 3.05) is 17.2 Å². The van der Waals surface area contributed by atoms with E-state index in [-0.39, 0.29) is 12.5 Å². The first-order chi connectivity index (χ1) is 15.7. The Hall–Kier alpha value is -3.32. The molecule has 0 aromatic heterocycles. The Morgan fingerprint density at radius 1 is 0.970 bits per heavy atom. The lowest BCUT2D eigenvalue weighted by Gasteiger charge is -2.23. The van der Waals surface area contributed by atoms with E-state index < -0.39 is 10.0 Å². The van der Waals surface area contributed by atoms with Crippen LogP contribution in [-0.4, -0.2) is 27.2 Å². The second-order valence-electron chi connectivity index (χ2n) is 7.96. The largest absolute Gasteiger partial charge is 0.494 e. The second kappa shape index (κ2) is 10.5. The number of ether oxygens (including phenoxy) is 1. The number of amides is 1. The molecule has 174 valence electrons. The molecule has 0 heterocycles. The number of hydrogen-bond donors (Lipinski definition) is 1. The molecule has 3 rings (SSSR count). The number of nitrogens with one attached hydrogen (secondary N) is 1. The van der Waals surface area contributed by atoms with E-state index in [1.807, 2.05) is 63.2 Å². The van der Waals surface area contributed by atoms with Crippen molar-refractivity contribution >= 4 is 21.6 Å². The van der Waals surface area contributed by atoms with E-state index in [2.05, 4.69) is 5.32 Å². The maximum atomic E-state index is 12.6. The van der Waals surface area contributed by atoms with Crippen molar-refractivity contribution in [1.29, 1.82) is 0 Å².